The fourth-order valence-electron chi connectivity index (χ4n) is 0.301. The van der Waals surface area contributed by atoms with E-state index in [0.717, 1.165) is 6.42 Å². The molecule has 0 heterocycles. The Morgan fingerprint density at radius 1 is 2.00 bits per heavy atom. The summed E-state index contributed by atoms with van der Waals surface area (Å²) in [5, 5.41) is -0.706. The summed E-state index contributed by atoms with van der Waals surface area (Å²) in [4.78, 5) is 10.5. The zero-order valence-electron chi connectivity index (χ0n) is 5.28. The second kappa shape index (κ2) is 4.31. The average molecular weight is 167 g/mol. The predicted molar refractivity (Wildman–Crippen MR) is 33.7 cm³/mol. The van der Waals surface area contributed by atoms with E-state index in [1.165, 1.54) is 0 Å². The lowest BCUT2D eigenvalue weighted by atomic mass is 10.3. The number of hydrogen-bond acceptors (Lipinski definition) is 1. The minimum atomic E-state index is -0.706. The van der Waals surface area contributed by atoms with Gasteiger partial charge in [-0.25, -0.2) is 0 Å². The Hall–Kier alpha value is 0.150. The third kappa shape index (κ3) is 3.99. The number of hydrogen-bond donors (Lipinski definition) is 0. The molecule has 0 saturated carbocycles. The highest BCUT2D eigenvalue weighted by atomic mass is 79.9. The summed E-state index contributed by atoms with van der Waals surface area (Å²) < 4.78 is 6.85. The maximum atomic E-state index is 10.5. The molecule has 0 rings (SSSR count). The van der Waals surface area contributed by atoms with Gasteiger partial charge in [-0.3, -0.25) is 4.79 Å². The molecule has 0 amide bonds. The SMILES string of the molecule is [3H]C(Br)C(=O)CCC. The first-order valence-corrected chi connectivity index (χ1v) is 3.19. The molecule has 0 aromatic rings. The molecule has 2 heteroatoms. The van der Waals surface area contributed by atoms with E-state index in [1.54, 1.807) is 0 Å². The Balaban J connectivity index is 3.33. The topological polar surface area (TPSA) is 17.1 Å². The Kier molecular flexibility index (Phi) is 3.26. The van der Waals surface area contributed by atoms with Gasteiger partial charge in [0.15, 0.2) is 0 Å². The molecular weight excluding hydrogens is 156 g/mol. The summed E-state index contributed by atoms with van der Waals surface area (Å²) in [5.74, 6) is -0.0347. The first-order chi connectivity index (χ1) is 3.68. The zero-order valence-corrected chi connectivity index (χ0v) is 5.86. The van der Waals surface area contributed by atoms with Gasteiger partial charge in [0.05, 0.1) is 5.31 Å². The number of Topliss-reactive ketones (excluding diaryl/α,β-unsaturated/α-hetero) is 1. The molecule has 1 nitrogen and oxygen atoms in total. The summed E-state index contributed by atoms with van der Waals surface area (Å²) >= 11 is 2.86. The molecule has 42 valence electrons. The Labute approximate surface area is 53.6 Å². The van der Waals surface area contributed by atoms with Gasteiger partial charge in [0.1, 0.15) is 5.78 Å². The largest absolute Gasteiger partial charge is 0.299 e. The van der Waals surface area contributed by atoms with Crippen molar-refractivity contribution in [2.45, 2.75) is 19.8 Å². The predicted octanol–water partition coefficient (Wildman–Crippen LogP) is 1.75. The van der Waals surface area contributed by atoms with E-state index in [4.69, 9.17) is 1.37 Å². The van der Waals surface area contributed by atoms with Crippen LogP contribution in [0, 0.1) is 0 Å². The molecule has 7 heavy (non-hydrogen) atoms. The zero-order chi connectivity index (χ0) is 6.57. The number of alkyl halides is 1. The van der Waals surface area contributed by atoms with Crippen LogP contribution in [-0.4, -0.2) is 11.1 Å². The molecule has 0 aliphatic heterocycles. The van der Waals surface area contributed by atoms with Crippen molar-refractivity contribution in [3.05, 3.63) is 0 Å². The number of carbonyl (C=O) groups excluding carboxylic acids is 1. The van der Waals surface area contributed by atoms with Crippen LogP contribution in [0.15, 0.2) is 0 Å². The van der Waals surface area contributed by atoms with E-state index in [0.29, 0.717) is 6.42 Å². The average Bonchev–Trinajstić information content (AvgIpc) is 1.67. The first-order valence-electron chi connectivity index (χ1n) is 2.85. The summed E-state index contributed by atoms with van der Waals surface area (Å²) in [6, 6.07) is 0. The van der Waals surface area contributed by atoms with E-state index in [1.807, 2.05) is 6.92 Å². The standard InChI is InChI=1S/C5H9BrO/c1-2-3-5(7)4-6/h2-4H2,1H3/i4T. The second-order valence-electron chi connectivity index (χ2n) is 1.33. The minimum absolute atomic E-state index is 0.0347. The van der Waals surface area contributed by atoms with Crippen molar-refractivity contribution in [1.29, 1.82) is 0 Å². The van der Waals surface area contributed by atoms with Crippen LogP contribution >= 0.6 is 15.9 Å². The number of halogens is 1. The summed E-state index contributed by atoms with van der Waals surface area (Å²) in [7, 11) is 0. The molecule has 0 aromatic heterocycles. The van der Waals surface area contributed by atoms with Crippen molar-refractivity contribution < 1.29 is 6.17 Å². The normalized spacial score (nSPS) is 15.4. The second-order valence-corrected chi connectivity index (χ2v) is 1.78. The van der Waals surface area contributed by atoms with Gasteiger partial charge in [-0.1, -0.05) is 22.9 Å². The van der Waals surface area contributed by atoms with Gasteiger partial charge in [-0.15, -0.1) is 0 Å². The maximum absolute atomic E-state index is 10.5. The molecule has 1 unspecified atom stereocenters. The lowest BCUT2D eigenvalue weighted by molar-refractivity contribution is -0.116. The van der Waals surface area contributed by atoms with Crippen molar-refractivity contribution in [2.24, 2.45) is 0 Å². The molecule has 0 N–H and O–H groups in total. The molecule has 0 saturated heterocycles. The molecule has 0 spiro atoms. The lowest BCUT2D eigenvalue weighted by Crippen LogP contribution is -1.95. The van der Waals surface area contributed by atoms with Gasteiger partial charge in [0, 0.05) is 7.79 Å². The van der Waals surface area contributed by atoms with Crippen LogP contribution in [0.3, 0.4) is 0 Å². The van der Waals surface area contributed by atoms with Crippen LogP contribution in [0.2, 0.25) is 0 Å². The number of rotatable bonds is 3. The fourth-order valence-corrected chi connectivity index (χ4v) is 0.530. The van der Waals surface area contributed by atoms with E-state index in [2.05, 4.69) is 15.9 Å². The van der Waals surface area contributed by atoms with Gasteiger partial charge in [-0.05, 0) is 6.42 Å². The smallest absolute Gasteiger partial charge is 0.143 e. The van der Waals surface area contributed by atoms with Crippen LogP contribution in [0.25, 0.3) is 0 Å². The van der Waals surface area contributed by atoms with Crippen LogP contribution in [0.5, 0.6) is 0 Å². The fraction of sp³-hybridized carbons (Fsp3) is 0.800. The Morgan fingerprint density at radius 2 is 2.57 bits per heavy atom. The number of carbonyl (C=O) groups is 1. The van der Waals surface area contributed by atoms with Crippen molar-refractivity contribution in [3.8, 4) is 0 Å². The summed E-state index contributed by atoms with van der Waals surface area (Å²) in [5.41, 5.74) is 0. The Bertz CT molecular complexity index is 82.5. The van der Waals surface area contributed by atoms with Gasteiger partial charge in [0.2, 0.25) is 0 Å². The lowest BCUT2D eigenvalue weighted by Gasteiger charge is -1.86. The van der Waals surface area contributed by atoms with Crippen molar-refractivity contribution >= 4 is 21.7 Å². The molecule has 0 radical (unpaired) electrons. The van der Waals surface area contributed by atoms with Crippen LogP contribution < -0.4 is 0 Å². The molecule has 0 aromatic carbocycles. The van der Waals surface area contributed by atoms with Gasteiger partial charge < -0.3 is 0 Å². The number of ketones is 1. The minimum Gasteiger partial charge on any atom is -0.299 e. The van der Waals surface area contributed by atoms with E-state index in [-0.39, 0.29) is 5.78 Å². The Morgan fingerprint density at radius 3 is 2.71 bits per heavy atom. The van der Waals surface area contributed by atoms with Gasteiger partial charge in [0.25, 0.3) is 0 Å². The highest BCUT2D eigenvalue weighted by Crippen LogP contribution is 1.91. The maximum Gasteiger partial charge on any atom is 0.143 e. The molecule has 0 fully saturated rings. The van der Waals surface area contributed by atoms with Crippen LogP contribution in [-0.2, 0) is 4.79 Å². The highest BCUT2D eigenvalue weighted by molar-refractivity contribution is 9.09. The van der Waals surface area contributed by atoms with Gasteiger partial charge >= 0.3 is 0 Å². The molecule has 1 atom stereocenters. The van der Waals surface area contributed by atoms with Crippen molar-refractivity contribution in [1.82, 2.24) is 0 Å². The monoisotopic (exact) mass is 166 g/mol. The molecule has 0 bridgehead atoms. The van der Waals surface area contributed by atoms with Crippen molar-refractivity contribution in [2.75, 3.05) is 5.31 Å². The van der Waals surface area contributed by atoms with E-state index < -0.39 is 5.31 Å². The summed E-state index contributed by atoms with van der Waals surface area (Å²) in [6.45, 7) is 1.92. The quantitative estimate of drug-likeness (QED) is 0.585. The molecular formula is C5H9BrO. The van der Waals surface area contributed by atoms with Crippen LogP contribution in [0.4, 0.5) is 0 Å². The van der Waals surface area contributed by atoms with Crippen LogP contribution in [0.1, 0.15) is 21.1 Å². The van der Waals surface area contributed by atoms with Crippen molar-refractivity contribution in [3.63, 3.8) is 0 Å². The third-order valence-electron chi connectivity index (χ3n) is 0.618. The molecule has 0 aliphatic carbocycles. The van der Waals surface area contributed by atoms with Gasteiger partial charge in [-0.2, -0.15) is 0 Å². The third-order valence-corrected chi connectivity index (χ3v) is 1.13. The highest BCUT2D eigenvalue weighted by Gasteiger charge is 1.92. The van der Waals surface area contributed by atoms with E-state index in [9.17, 15) is 4.79 Å². The summed E-state index contributed by atoms with van der Waals surface area (Å²) in [6.07, 6.45) is 1.35. The molecule has 0 aliphatic rings. The van der Waals surface area contributed by atoms with E-state index >= 15 is 0 Å². The first kappa shape index (κ1) is 5.29.